The second-order valence-corrected chi connectivity index (χ2v) is 11.8. The molecule has 8 nitrogen and oxygen atoms in total. The van der Waals surface area contributed by atoms with Crippen LogP contribution in [0.1, 0.15) is 18.4 Å². The Morgan fingerprint density at radius 2 is 2.12 bits per heavy atom. The summed E-state index contributed by atoms with van der Waals surface area (Å²) in [7, 11) is 2.10. The van der Waals surface area contributed by atoms with Gasteiger partial charge in [-0.05, 0) is 67.2 Å². The number of carbonyl (C=O) groups excluding carboxylic acids is 1. The summed E-state index contributed by atoms with van der Waals surface area (Å²) < 4.78 is 7.58. The molecule has 2 aliphatic rings. The highest BCUT2D eigenvalue weighted by Gasteiger charge is 2.34. The lowest BCUT2D eigenvalue weighted by Gasteiger charge is -2.40. The van der Waals surface area contributed by atoms with Gasteiger partial charge in [0.15, 0.2) is 0 Å². The number of carbonyl (C=O) groups is 1. The van der Waals surface area contributed by atoms with Crippen molar-refractivity contribution >= 4 is 43.9 Å². The third-order valence-corrected chi connectivity index (χ3v) is 9.37. The second kappa shape index (κ2) is 11.8. The third kappa shape index (κ3) is 5.07. The zero-order valence-electron chi connectivity index (χ0n) is 23.6. The molecule has 9 heteroatoms. The molecule has 0 radical (unpaired) electrons. The minimum Gasteiger partial charge on any atom is -0.475 e. The lowest BCUT2D eigenvalue weighted by Crippen LogP contribution is -2.56. The largest absolute Gasteiger partial charge is 0.475 e. The molecule has 2 atom stereocenters. The van der Waals surface area contributed by atoms with Crippen LogP contribution in [-0.2, 0) is 4.79 Å². The van der Waals surface area contributed by atoms with Crippen LogP contribution in [0.4, 0.5) is 5.69 Å². The van der Waals surface area contributed by atoms with E-state index in [0.717, 1.165) is 47.1 Å². The SMILES string of the molecule is [C-]#[N+]C[C@H]1CN(c2c(C#N)c(OC[C@@H]3CCCN3C)nc3cc(-c4cccc5sccc45)ccc23)CCN1C(=O)C=C. The first kappa shape index (κ1) is 27.7. The van der Waals surface area contributed by atoms with Gasteiger partial charge in [-0.3, -0.25) is 4.79 Å². The Hall–Kier alpha value is -4.44. The average molecular weight is 577 g/mol. The summed E-state index contributed by atoms with van der Waals surface area (Å²) in [5.41, 5.74) is 4.06. The summed E-state index contributed by atoms with van der Waals surface area (Å²) in [5.74, 6) is 0.151. The fourth-order valence-corrected chi connectivity index (χ4v) is 7.08. The van der Waals surface area contributed by atoms with Crippen molar-refractivity contribution in [1.82, 2.24) is 14.8 Å². The number of pyridine rings is 1. The van der Waals surface area contributed by atoms with Crippen molar-refractivity contribution in [3.63, 3.8) is 0 Å². The second-order valence-electron chi connectivity index (χ2n) is 10.9. The number of anilines is 1. The van der Waals surface area contributed by atoms with Gasteiger partial charge >= 0.3 is 0 Å². The Kier molecular flexibility index (Phi) is 7.80. The van der Waals surface area contributed by atoms with Gasteiger partial charge in [0.2, 0.25) is 18.3 Å². The Bertz CT molecular complexity index is 1750. The Morgan fingerprint density at radius 1 is 1.24 bits per heavy atom. The number of likely N-dealkylation sites (N-methyl/N-ethyl adjacent to an activating group) is 1. The number of likely N-dealkylation sites (tertiary alicyclic amines) is 1. The highest BCUT2D eigenvalue weighted by molar-refractivity contribution is 7.17. The molecule has 1 amide bonds. The van der Waals surface area contributed by atoms with Crippen molar-refractivity contribution in [1.29, 1.82) is 5.26 Å². The van der Waals surface area contributed by atoms with Crippen LogP contribution in [0, 0.1) is 17.9 Å². The molecule has 2 fully saturated rings. The molecule has 4 aromatic rings. The third-order valence-electron chi connectivity index (χ3n) is 8.49. The molecule has 212 valence electrons. The maximum Gasteiger partial charge on any atom is 0.246 e. The maximum atomic E-state index is 12.6. The summed E-state index contributed by atoms with van der Waals surface area (Å²) in [4.78, 5) is 27.2. The van der Waals surface area contributed by atoms with E-state index in [0.29, 0.717) is 37.7 Å². The lowest BCUT2D eigenvalue weighted by molar-refractivity contribution is -0.128. The number of piperazine rings is 1. The first-order chi connectivity index (χ1) is 20.5. The number of fused-ring (bicyclic) bond motifs is 2. The van der Waals surface area contributed by atoms with Crippen molar-refractivity contribution in [2.75, 3.05) is 51.3 Å². The standard InChI is InChI=1S/C33H32N6O2S/c1-4-31(40)39-15-14-38(20-24(39)19-35-2)32-27-11-10-22(25-8-5-9-30-26(25)12-16-42-30)17-29(27)36-33(28(32)18-34)41-21-23-7-6-13-37(23)3/h4-5,8-12,16-17,23-24H,1,6-7,13-15,19-21H2,3H3/t23-,24-/m0/s1. The number of hydrogen-bond acceptors (Lipinski definition) is 7. The van der Waals surface area contributed by atoms with E-state index in [9.17, 15) is 10.1 Å². The van der Waals surface area contributed by atoms with Crippen LogP contribution in [0.2, 0.25) is 0 Å². The van der Waals surface area contributed by atoms with Crippen molar-refractivity contribution < 1.29 is 9.53 Å². The number of hydrogen-bond donors (Lipinski definition) is 0. The van der Waals surface area contributed by atoms with Gasteiger partial charge in [-0.2, -0.15) is 5.26 Å². The van der Waals surface area contributed by atoms with E-state index >= 15 is 0 Å². The van der Waals surface area contributed by atoms with E-state index in [2.05, 4.69) is 76.1 Å². The van der Waals surface area contributed by atoms with Crippen LogP contribution >= 0.6 is 11.3 Å². The predicted molar refractivity (Wildman–Crippen MR) is 168 cm³/mol. The zero-order chi connectivity index (χ0) is 29.2. The fraction of sp³-hybridized carbons (Fsp3) is 0.333. The molecule has 2 aromatic heterocycles. The minimum atomic E-state index is -0.316. The van der Waals surface area contributed by atoms with Crippen molar-refractivity contribution in [2.24, 2.45) is 0 Å². The van der Waals surface area contributed by atoms with E-state index in [1.165, 1.54) is 16.2 Å². The van der Waals surface area contributed by atoms with Gasteiger partial charge in [-0.1, -0.05) is 30.8 Å². The Morgan fingerprint density at radius 3 is 2.88 bits per heavy atom. The van der Waals surface area contributed by atoms with E-state index in [1.807, 2.05) is 6.07 Å². The summed E-state index contributed by atoms with van der Waals surface area (Å²) in [6.07, 6.45) is 3.47. The van der Waals surface area contributed by atoms with Gasteiger partial charge in [0.25, 0.3) is 0 Å². The normalized spacial score (nSPS) is 19.1. The maximum absolute atomic E-state index is 12.6. The molecule has 0 N–H and O–H groups in total. The van der Waals surface area contributed by atoms with Gasteiger partial charge in [0.1, 0.15) is 24.3 Å². The molecule has 2 saturated heterocycles. The number of aromatic nitrogens is 1. The molecule has 2 aliphatic heterocycles. The Balaban J connectivity index is 1.47. The van der Waals surface area contributed by atoms with E-state index in [4.69, 9.17) is 16.3 Å². The minimum absolute atomic E-state index is 0.174. The highest BCUT2D eigenvalue weighted by atomic mass is 32.1. The van der Waals surface area contributed by atoms with Crippen molar-refractivity contribution in [2.45, 2.75) is 24.9 Å². The summed E-state index contributed by atoms with van der Waals surface area (Å²) in [5, 5.41) is 14.6. The number of amides is 1. The summed E-state index contributed by atoms with van der Waals surface area (Å²) >= 11 is 1.72. The molecule has 0 unspecified atom stereocenters. The van der Waals surface area contributed by atoms with Crippen LogP contribution in [0.3, 0.4) is 0 Å². The van der Waals surface area contributed by atoms with Gasteiger partial charge in [-0.25, -0.2) is 11.6 Å². The fourth-order valence-electron chi connectivity index (χ4n) is 6.27. The van der Waals surface area contributed by atoms with Gasteiger partial charge in [0.05, 0.1) is 11.2 Å². The summed E-state index contributed by atoms with van der Waals surface area (Å²) in [6, 6.07) is 17.0. The molecule has 6 rings (SSSR count). The number of benzene rings is 2. The smallest absolute Gasteiger partial charge is 0.246 e. The average Bonchev–Trinajstić information content (AvgIpc) is 3.67. The van der Waals surface area contributed by atoms with E-state index < -0.39 is 0 Å². The first-order valence-electron chi connectivity index (χ1n) is 14.2. The van der Waals surface area contributed by atoms with Crippen molar-refractivity contribution in [3.8, 4) is 23.1 Å². The molecule has 4 heterocycles. The number of rotatable bonds is 7. The monoisotopic (exact) mass is 576 g/mol. The summed E-state index contributed by atoms with van der Waals surface area (Å²) in [6.45, 7) is 14.2. The number of ether oxygens (including phenoxy) is 1. The zero-order valence-corrected chi connectivity index (χ0v) is 24.4. The van der Waals surface area contributed by atoms with E-state index in [1.54, 1.807) is 16.2 Å². The number of thiophene rings is 1. The molecule has 42 heavy (non-hydrogen) atoms. The predicted octanol–water partition coefficient (Wildman–Crippen LogP) is 5.58. The van der Waals surface area contributed by atoms with Gasteiger partial charge in [0, 0.05) is 41.1 Å². The molecule has 0 saturated carbocycles. The molecule has 0 bridgehead atoms. The van der Waals surface area contributed by atoms with Crippen LogP contribution in [0.15, 0.2) is 60.5 Å². The number of nitrogens with zero attached hydrogens (tertiary/aromatic N) is 6. The number of nitriles is 1. The highest BCUT2D eigenvalue weighted by Crippen LogP contribution is 2.39. The lowest BCUT2D eigenvalue weighted by atomic mass is 9.98. The van der Waals surface area contributed by atoms with Gasteiger partial charge in [-0.15, -0.1) is 11.3 Å². The van der Waals surface area contributed by atoms with Crippen LogP contribution < -0.4 is 9.64 Å². The first-order valence-corrected chi connectivity index (χ1v) is 15.1. The molecular weight excluding hydrogens is 544 g/mol. The quantitative estimate of drug-likeness (QED) is 0.211. The van der Waals surface area contributed by atoms with Crippen LogP contribution in [0.25, 0.3) is 37.0 Å². The molecule has 2 aromatic carbocycles. The van der Waals surface area contributed by atoms with Crippen LogP contribution in [0.5, 0.6) is 5.88 Å². The molecular formula is C33H32N6O2S. The van der Waals surface area contributed by atoms with Crippen LogP contribution in [-0.4, -0.2) is 79.2 Å². The van der Waals surface area contributed by atoms with Crippen molar-refractivity contribution in [3.05, 3.63) is 77.5 Å². The molecule has 0 spiro atoms. The topological polar surface area (TPSA) is 77.1 Å². The van der Waals surface area contributed by atoms with Gasteiger partial charge < -0.3 is 24.3 Å². The van der Waals surface area contributed by atoms with E-state index in [-0.39, 0.29) is 24.5 Å². The Labute approximate surface area is 249 Å². The molecule has 0 aliphatic carbocycles.